The third kappa shape index (κ3) is 4.80. The van der Waals surface area contributed by atoms with E-state index in [-0.39, 0.29) is 30.6 Å². The van der Waals surface area contributed by atoms with Crippen LogP contribution in [0.2, 0.25) is 0 Å². The Morgan fingerprint density at radius 1 is 1.08 bits per heavy atom. The molecule has 0 bridgehead atoms. The van der Waals surface area contributed by atoms with Crippen LogP contribution >= 0.6 is 0 Å². The summed E-state index contributed by atoms with van der Waals surface area (Å²) in [7, 11) is 0. The second-order valence-corrected chi connectivity index (χ2v) is 6.15. The van der Waals surface area contributed by atoms with Crippen LogP contribution in [0.3, 0.4) is 0 Å². The maximum absolute atomic E-state index is 12.0. The molecule has 1 aromatic carbocycles. The lowest BCUT2D eigenvalue weighted by Gasteiger charge is -2.21. The van der Waals surface area contributed by atoms with Gasteiger partial charge in [-0.05, 0) is 42.5 Å². The Kier molecular flexibility index (Phi) is 6.32. The summed E-state index contributed by atoms with van der Waals surface area (Å²) in [6.07, 6.45) is 3.58. The number of hydrogen-bond donors (Lipinski definition) is 3. The smallest absolute Gasteiger partial charge is 0.315 e. The van der Waals surface area contributed by atoms with Crippen molar-refractivity contribution < 1.29 is 9.90 Å². The third-order valence-corrected chi connectivity index (χ3v) is 4.25. The molecule has 0 saturated carbocycles. The molecule has 5 nitrogen and oxygen atoms in total. The number of urea groups is 1. The van der Waals surface area contributed by atoms with Crippen molar-refractivity contribution in [3.63, 3.8) is 0 Å². The number of hydrogen-bond acceptors (Lipinski definition) is 3. The molecule has 0 aliphatic heterocycles. The van der Waals surface area contributed by atoms with E-state index in [1.807, 2.05) is 63.4 Å². The molecule has 1 aromatic heterocycles. The van der Waals surface area contributed by atoms with Gasteiger partial charge in [0.15, 0.2) is 0 Å². The van der Waals surface area contributed by atoms with Gasteiger partial charge in [0.05, 0.1) is 6.04 Å². The van der Waals surface area contributed by atoms with Crippen LogP contribution in [0.1, 0.15) is 32.4 Å². The zero-order valence-corrected chi connectivity index (χ0v) is 14.4. The minimum atomic E-state index is -0.230. The Labute approximate surface area is 143 Å². The first-order valence-corrected chi connectivity index (χ1v) is 8.19. The van der Waals surface area contributed by atoms with Crippen molar-refractivity contribution in [2.24, 2.45) is 5.92 Å². The van der Waals surface area contributed by atoms with Crippen molar-refractivity contribution in [1.82, 2.24) is 15.6 Å². The number of amides is 2. The number of carbonyl (C=O) groups excluding carboxylic acids is 1. The fourth-order valence-corrected chi connectivity index (χ4v) is 2.33. The van der Waals surface area contributed by atoms with E-state index in [1.54, 1.807) is 6.20 Å². The van der Waals surface area contributed by atoms with E-state index in [1.165, 1.54) is 0 Å². The highest BCUT2D eigenvalue weighted by molar-refractivity contribution is 5.74. The van der Waals surface area contributed by atoms with Crippen LogP contribution in [0.25, 0.3) is 11.1 Å². The number of aliphatic hydroxyl groups is 1. The molecule has 128 valence electrons. The first-order valence-electron chi connectivity index (χ1n) is 8.19. The molecule has 0 radical (unpaired) electrons. The number of aliphatic hydroxyl groups excluding tert-OH is 1. The average molecular weight is 327 g/mol. The van der Waals surface area contributed by atoms with Gasteiger partial charge in [0.2, 0.25) is 0 Å². The van der Waals surface area contributed by atoms with Crippen LogP contribution in [0.5, 0.6) is 0 Å². The Balaban J connectivity index is 1.95. The first kappa shape index (κ1) is 17.9. The highest BCUT2D eigenvalue weighted by Crippen LogP contribution is 2.21. The Bertz CT molecular complexity index is 643. The van der Waals surface area contributed by atoms with Gasteiger partial charge in [-0.2, -0.15) is 0 Å². The molecule has 0 unspecified atom stereocenters. The Morgan fingerprint density at radius 3 is 2.38 bits per heavy atom. The van der Waals surface area contributed by atoms with Crippen molar-refractivity contribution in [2.45, 2.75) is 32.9 Å². The van der Waals surface area contributed by atoms with Gasteiger partial charge in [-0.3, -0.25) is 4.98 Å². The normalized spacial score (nSPS) is 14.5. The van der Waals surface area contributed by atoms with Crippen LogP contribution in [0, 0.1) is 5.92 Å². The van der Waals surface area contributed by atoms with Crippen LogP contribution in [0.15, 0.2) is 48.8 Å². The molecule has 0 spiro atoms. The van der Waals surface area contributed by atoms with Gasteiger partial charge in [0.25, 0.3) is 0 Å². The molecule has 3 atom stereocenters. The summed E-state index contributed by atoms with van der Waals surface area (Å²) in [5.74, 6) is 0.0184. The number of nitrogens with one attached hydrogen (secondary N) is 2. The topological polar surface area (TPSA) is 74.2 Å². The fraction of sp³-hybridized carbons (Fsp3) is 0.368. The maximum Gasteiger partial charge on any atom is 0.315 e. The van der Waals surface area contributed by atoms with E-state index in [9.17, 15) is 4.79 Å². The summed E-state index contributed by atoms with van der Waals surface area (Å²) in [6, 6.07) is 11.6. The third-order valence-electron chi connectivity index (χ3n) is 4.25. The predicted molar refractivity (Wildman–Crippen MR) is 95.5 cm³/mol. The van der Waals surface area contributed by atoms with E-state index < -0.39 is 0 Å². The number of carbonyl (C=O) groups is 1. The molecule has 0 saturated heterocycles. The zero-order valence-electron chi connectivity index (χ0n) is 14.4. The largest absolute Gasteiger partial charge is 0.396 e. The lowest BCUT2D eigenvalue weighted by atomic mass is 10.0. The summed E-state index contributed by atoms with van der Waals surface area (Å²) in [6.45, 7) is 5.77. The minimum Gasteiger partial charge on any atom is -0.396 e. The monoisotopic (exact) mass is 327 g/mol. The fourth-order valence-electron chi connectivity index (χ4n) is 2.33. The van der Waals surface area contributed by atoms with E-state index in [0.717, 1.165) is 16.7 Å². The number of aromatic nitrogens is 1. The Hall–Kier alpha value is -2.40. The number of pyridine rings is 1. The van der Waals surface area contributed by atoms with Crippen LogP contribution < -0.4 is 10.6 Å². The van der Waals surface area contributed by atoms with Crippen molar-refractivity contribution in [3.05, 3.63) is 54.4 Å². The molecule has 3 N–H and O–H groups in total. The van der Waals surface area contributed by atoms with Gasteiger partial charge < -0.3 is 15.7 Å². The lowest BCUT2D eigenvalue weighted by Crippen LogP contribution is -2.44. The quantitative estimate of drug-likeness (QED) is 0.763. The summed E-state index contributed by atoms with van der Waals surface area (Å²) in [5.41, 5.74) is 3.18. The van der Waals surface area contributed by atoms with Gasteiger partial charge in [-0.25, -0.2) is 4.79 Å². The molecule has 1 heterocycles. The zero-order chi connectivity index (χ0) is 17.5. The van der Waals surface area contributed by atoms with Crippen LogP contribution in [0.4, 0.5) is 4.79 Å². The summed E-state index contributed by atoms with van der Waals surface area (Å²) >= 11 is 0. The maximum atomic E-state index is 12.0. The van der Waals surface area contributed by atoms with Gasteiger partial charge in [0.1, 0.15) is 0 Å². The van der Waals surface area contributed by atoms with E-state index in [4.69, 9.17) is 5.11 Å². The number of rotatable bonds is 6. The minimum absolute atomic E-state index is 0.0184. The molecule has 0 fully saturated rings. The molecular formula is C19H25N3O2. The van der Waals surface area contributed by atoms with Crippen molar-refractivity contribution in [1.29, 1.82) is 0 Å². The average Bonchev–Trinajstić information content (AvgIpc) is 2.61. The number of nitrogens with zero attached hydrogens (tertiary/aromatic N) is 1. The number of benzene rings is 1. The van der Waals surface area contributed by atoms with E-state index in [2.05, 4.69) is 15.6 Å². The van der Waals surface area contributed by atoms with Crippen molar-refractivity contribution in [2.75, 3.05) is 6.61 Å². The highest BCUT2D eigenvalue weighted by Gasteiger charge is 2.15. The summed E-state index contributed by atoms with van der Waals surface area (Å²) < 4.78 is 0. The summed E-state index contributed by atoms with van der Waals surface area (Å²) in [5, 5.41) is 14.9. The highest BCUT2D eigenvalue weighted by atomic mass is 16.3. The second-order valence-electron chi connectivity index (χ2n) is 6.15. The molecule has 2 amide bonds. The van der Waals surface area contributed by atoms with Crippen molar-refractivity contribution in [3.8, 4) is 11.1 Å². The van der Waals surface area contributed by atoms with Gasteiger partial charge in [0, 0.05) is 25.0 Å². The van der Waals surface area contributed by atoms with Gasteiger partial charge >= 0.3 is 6.03 Å². The first-order chi connectivity index (χ1) is 11.5. The van der Waals surface area contributed by atoms with Crippen molar-refractivity contribution >= 4 is 6.03 Å². The molecule has 5 heteroatoms. The lowest BCUT2D eigenvalue weighted by molar-refractivity contribution is 0.199. The predicted octanol–water partition coefficient (Wildman–Crippen LogP) is 3.13. The molecule has 2 rings (SSSR count). The Morgan fingerprint density at radius 2 is 1.79 bits per heavy atom. The van der Waals surface area contributed by atoms with E-state index >= 15 is 0 Å². The van der Waals surface area contributed by atoms with Gasteiger partial charge in [-0.15, -0.1) is 0 Å². The van der Waals surface area contributed by atoms with Gasteiger partial charge in [-0.1, -0.05) is 37.3 Å². The molecule has 2 aromatic rings. The standard InChI is InChI=1S/C19H25N3O2/c1-13(12-23)14(2)21-19(24)22-15(3)16-6-8-17(9-7-16)18-5-4-10-20-11-18/h4-11,13-15,23H,12H2,1-3H3,(H2,21,22,24)/t13-,14-,15-/m0/s1. The van der Waals surface area contributed by atoms with Crippen LogP contribution in [-0.4, -0.2) is 28.8 Å². The molecule has 24 heavy (non-hydrogen) atoms. The van der Waals surface area contributed by atoms with E-state index in [0.29, 0.717) is 0 Å². The molecular weight excluding hydrogens is 302 g/mol. The SMILES string of the molecule is C[C@H](NC(=O)N[C@@H](C)[C@@H](C)CO)c1ccc(-c2cccnc2)cc1. The second kappa shape index (κ2) is 8.45. The summed E-state index contributed by atoms with van der Waals surface area (Å²) in [4.78, 5) is 16.2. The molecule has 0 aliphatic carbocycles. The van der Waals surface area contributed by atoms with Crippen LogP contribution in [-0.2, 0) is 0 Å². The molecule has 0 aliphatic rings.